The van der Waals surface area contributed by atoms with Gasteiger partial charge >= 0.3 is 0 Å². The number of aryl methyl sites for hydroxylation is 1. The number of benzene rings is 2. The molecule has 0 saturated carbocycles. The molecule has 3 rings (SSSR count). The van der Waals surface area contributed by atoms with E-state index >= 15 is 0 Å². The number of hydrogen-bond acceptors (Lipinski definition) is 4. The Hall–Kier alpha value is -2.37. The first-order chi connectivity index (χ1) is 11.5. The van der Waals surface area contributed by atoms with Gasteiger partial charge in [-0.15, -0.1) is 0 Å². The summed E-state index contributed by atoms with van der Waals surface area (Å²) >= 11 is 6.09. The fraction of sp³-hybridized carbons (Fsp3) is 0.222. The lowest BCUT2D eigenvalue weighted by Crippen LogP contribution is -2.29. The Kier molecular flexibility index (Phi) is 4.55. The fourth-order valence-corrected chi connectivity index (χ4v) is 2.80. The number of nitrogens with zero attached hydrogens (tertiary/aromatic N) is 2. The molecule has 0 atom stereocenters. The zero-order chi connectivity index (χ0) is 17.3. The molecule has 1 heterocycles. The Morgan fingerprint density at radius 3 is 2.79 bits per heavy atom. The lowest BCUT2D eigenvalue weighted by Gasteiger charge is -2.15. The summed E-state index contributed by atoms with van der Waals surface area (Å²) < 4.78 is 5.80. The number of oxazole rings is 1. The van der Waals surface area contributed by atoms with Crippen molar-refractivity contribution in [1.82, 2.24) is 9.88 Å². The van der Waals surface area contributed by atoms with E-state index in [0.29, 0.717) is 27.6 Å². The van der Waals surface area contributed by atoms with Gasteiger partial charge in [-0.1, -0.05) is 11.6 Å². The molecule has 0 bridgehead atoms. The van der Waals surface area contributed by atoms with Crippen LogP contribution < -0.4 is 0 Å². The number of carbonyl (C=O) groups excluding carboxylic acids is 1. The van der Waals surface area contributed by atoms with Gasteiger partial charge in [0.1, 0.15) is 5.52 Å². The van der Waals surface area contributed by atoms with Gasteiger partial charge in [-0.25, -0.2) is 4.98 Å². The fourth-order valence-electron chi connectivity index (χ4n) is 2.51. The normalized spacial score (nSPS) is 11.0. The zero-order valence-electron chi connectivity index (χ0n) is 13.4. The van der Waals surface area contributed by atoms with Crippen molar-refractivity contribution in [2.45, 2.75) is 6.92 Å². The van der Waals surface area contributed by atoms with Crippen molar-refractivity contribution >= 4 is 28.6 Å². The number of fused-ring (bicyclic) bond motifs is 1. The molecule has 0 unspecified atom stereocenters. The summed E-state index contributed by atoms with van der Waals surface area (Å²) in [4.78, 5) is 18.2. The van der Waals surface area contributed by atoms with Crippen molar-refractivity contribution in [3.63, 3.8) is 0 Å². The second-order valence-electron chi connectivity index (χ2n) is 5.67. The van der Waals surface area contributed by atoms with E-state index in [1.54, 1.807) is 31.3 Å². The molecule has 0 aliphatic carbocycles. The van der Waals surface area contributed by atoms with E-state index in [1.807, 2.05) is 19.1 Å². The van der Waals surface area contributed by atoms with Gasteiger partial charge < -0.3 is 14.4 Å². The third kappa shape index (κ3) is 3.27. The monoisotopic (exact) mass is 344 g/mol. The van der Waals surface area contributed by atoms with Crippen LogP contribution in [0.5, 0.6) is 0 Å². The molecule has 2 aromatic carbocycles. The highest BCUT2D eigenvalue weighted by atomic mass is 35.5. The smallest absolute Gasteiger partial charge is 0.253 e. The Morgan fingerprint density at radius 2 is 2.08 bits per heavy atom. The minimum Gasteiger partial charge on any atom is -0.436 e. The molecule has 3 aromatic rings. The third-order valence-corrected chi connectivity index (χ3v) is 3.92. The van der Waals surface area contributed by atoms with Gasteiger partial charge in [0.05, 0.1) is 6.61 Å². The van der Waals surface area contributed by atoms with Crippen molar-refractivity contribution in [3.8, 4) is 11.5 Å². The lowest BCUT2D eigenvalue weighted by atomic mass is 10.1. The van der Waals surface area contributed by atoms with Crippen LogP contribution in [0, 0.1) is 6.92 Å². The largest absolute Gasteiger partial charge is 0.436 e. The number of aromatic nitrogens is 1. The van der Waals surface area contributed by atoms with Crippen molar-refractivity contribution in [3.05, 3.63) is 52.5 Å². The summed E-state index contributed by atoms with van der Waals surface area (Å²) in [5.41, 5.74) is 3.50. The molecule has 0 spiro atoms. The van der Waals surface area contributed by atoms with E-state index in [0.717, 1.165) is 11.1 Å². The summed E-state index contributed by atoms with van der Waals surface area (Å²) in [5.74, 6) is 0.284. The van der Waals surface area contributed by atoms with Gasteiger partial charge in [0.2, 0.25) is 5.89 Å². The maximum Gasteiger partial charge on any atom is 0.253 e. The molecule has 1 N–H and O–H groups in total. The molecular formula is C18H17ClN2O3. The number of halogens is 1. The van der Waals surface area contributed by atoms with E-state index in [2.05, 4.69) is 4.98 Å². The Labute approximate surface area is 144 Å². The molecule has 0 aliphatic heterocycles. The number of aliphatic hydroxyl groups is 1. The molecule has 24 heavy (non-hydrogen) atoms. The van der Waals surface area contributed by atoms with Crippen molar-refractivity contribution in [2.24, 2.45) is 0 Å². The van der Waals surface area contributed by atoms with Crippen LogP contribution in [0.1, 0.15) is 15.9 Å². The molecule has 124 valence electrons. The van der Waals surface area contributed by atoms with Crippen LogP contribution in [-0.2, 0) is 0 Å². The number of carbonyl (C=O) groups is 1. The van der Waals surface area contributed by atoms with Gasteiger partial charge in [-0.3, -0.25) is 4.79 Å². The van der Waals surface area contributed by atoms with Crippen LogP contribution in [-0.4, -0.2) is 41.1 Å². The van der Waals surface area contributed by atoms with Crippen LogP contribution in [0.2, 0.25) is 5.02 Å². The van der Waals surface area contributed by atoms with Crippen LogP contribution in [0.3, 0.4) is 0 Å². The van der Waals surface area contributed by atoms with E-state index in [1.165, 1.54) is 4.90 Å². The Morgan fingerprint density at radius 1 is 1.29 bits per heavy atom. The summed E-state index contributed by atoms with van der Waals surface area (Å²) in [5, 5.41) is 9.56. The van der Waals surface area contributed by atoms with Crippen molar-refractivity contribution in [2.75, 3.05) is 20.2 Å². The average molecular weight is 345 g/mol. The molecular weight excluding hydrogens is 328 g/mol. The van der Waals surface area contributed by atoms with Crippen LogP contribution >= 0.6 is 11.6 Å². The van der Waals surface area contributed by atoms with Gasteiger partial charge in [0.25, 0.3) is 5.91 Å². The van der Waals surface area contributed by atoms with Gasteiger partial charge in [-0.05, 0) is 48.9 Å². The lowest BCUT2D eigenvalue weighted by molar-refractivity contribution is 0.0767. The molecule has 0 radical (unpaired) electrons. The predicted octanol–water partition coefficient (Wildman–Crippen LogP) is 3.52. The summed E-state index contributed by atoms with van der Waals surface area (Å²) in [7, 11) is 1.64. The minimum atomic E-state index is -0.178. The maximum atomic E-state index is 12.3. The van der Waals surface area contributed by atoms with E-state index < -0.39 is 0 Å². The molecule has 1 aromatic heterocycles. The summed E-state index contributed by atoms with van der Waals surface area (Å²) in [6.45, 7) is 2.15. The molecule has 6 heteroatoms. The number of amides is 1. The Balaban J connectivity index is 1.98. The van der Waals surface area contributed by atoms with Crippen LogP contribution in [0.25, 0.3) is 22.6 Å². The number of aliphatic hydroxyl groups excluding tert-OH is 1. The molecule has 0 fully saturated rings. The van der Waals surface area contributed by atoms with E-state index in [9.17, 15) is 4.79 Å². The highest BCUT2D eigenvalue weighted by molar-refractivity contribution is 6.30. The van der Waals surface area contributed by atoms with Gasteiger partial charge in [0, 0.05) is 29.7 Å². The first-order valence-electron chi connectivity index (χ1n) is 7.52. The third-order valence-electron chi connectivity index (χ3n) is 3.71. The molecule has 5 nitrogen and oxygen atoms in total. The molecule has 1 amide bonds. The van der Waals surface area contributed by atoms with Gasteiger partial charge in [0.15, 0.2) is 5.58 Å². The topological polar surface area (TPSA) is 66.6 Å². The predicted molar refractivity (Wildman–Crippen MR) is 93.2 cm³/mol. The Bertz CT molecular complexity index is 884. The average Bonchev–Trinajstić information content (AvgIpc) is 2.96. The minimum absolute atomic E-state index is 0.0783. The zero-order valence-corrected chi connectivity index (χ0v) is 14.2. The van der Waals surface area contributed by atoms with E-state index in [-0.39, 0.29) is 19.1 Å². The summed E-state index contributed by atoms with van der Waals surface area (Å²) in [6.07, 6.45) is 0. The van der Waals surface area contributed by atoms with E-state index in [4.69, 9.17) is 21.1 Å². The molecule has 0 aliphatic rings. The van der Waals surface area contributed by atoms with Crippen molar-refractivity contribution < 1.29 is 14.3 Å². The number of likely N-dealkylation sites (N-methyl/N-ethyl adjacent to an activating group) is 1. The highest BCUT2D eigenvalue weighted by Crippen LogP contribution is 2.28. The number of rotatable bonds is 4. The van der Waals surface area contributed by atoms with Crippen LogP contribution in [0.4, 0.5) is 0 Å². The highest BCUT2D eigenvalue weighted by Gasteiger charge is 2.15. The van der Waals surface area contributed by atoms with Gasteiger partial charge in [-0.2, -0.15) is 0 Å². The quantitative estimate of drug-likeness (QED) is 0.786. The first kappa shape index (κ1) is 16.5. The SMILES string of the molecule is Cc1cc(Cl)cc(-c2nc3ccc(C(=O)N(C)CCO)cc3o2)c1. The van der Waals surface area contributed by atoms with Crippen molar-refractivity contribution in [1.29, 1.82) is 0 Å². The standard InChI is InChI=1S/C18H17ClN2O3/c1-11-7-13(9-14(19)8-11)17-20-15-4-3-12(10-16(15)24-17)18(23)21(2)5-6-22/h3-4,7-10,22H,5-6H2,1-2H3. The second-order valence-corrected chi connectivity index (χ2v) is 6.11. The number of hydrogen-bond donors (Lipinski definition) is 1. The maximum absolute atomic E-state index is 12.3. The second kappa shape index (κ2) is 6.63. The van der Waals surface area contributed by atoms with Crippen LogP contribution in [0.15, 0.2) is 40.8 Å². The summed E-state index contributed by atoms with van der Waals surface area (Å²) in [6, 6.07) is 10.7. The molecule has 0 saturated heterocycles. The first-order valence-corrected chi connectivity index (χ1v) is 7.90.